The first kappa shape index (κ1) is 13.1. The van der Waals surface area contributed by atoms with Crippen molar-refractivity contribution < 1.29 is 19.0 Å². The van der Waals surface area contributed by atoms with E-state index in [1.165, 1.54) is 12.1 Å². The van der Waals surface area contributed by atoms with E-state index in [0.29, 0.717) is 11.1 Å². The van der Waals surface area contributed by atoms with Crippen LogP contribution in [0.25, 0.3) is 0 Å². The minimum absolute atomic E-state index is 0.192. The Morgan fingerprint density at radius 2 is 2.25 bits per heavy atom. The average molecular weight is 291 g/mol. The van der Waals surface area contributed by atoms with Gasteiger partial charge in [-0.3, -0.25) is 0 Å². The van der Waals surface area contributed by atoms with Crippen LogP contribution in [0.3, 0.4) is 0 Å². The molecule has 0 aliphatic heterocycles. The number of halogens is 2. The molecule has 1 aromatic carbocycles. The van der Waals surface area contributed by atoms with Gasteiger partial charge >= 0.3 is 5.97 Å². The summed E-state index contributed by atoms with van der Waals surface area (Å²) in [4.78, 5) is 11.3. The second kappa shape index (κ2) is 5.41. The van der Waals surface area contributed by atoms with Crippen molar-refractivity contribution in [2.75, 3.05) is 6.61 Å². The fourth-order valence-corrected chi connectivity index (χ4v) is 1.67. The van der Waals surface area contributed by atoms with Gasteiger partial charge in [0.25, 0.3) is 0 Å². The maximum atomic E-state index is 13.1. The van der Waals surface area contributed by atoms with Crippen LogP contribution in [-0.4, -0.2) is 17.7 Å². The Balaban J connectivity index is 3.04. The lowest BCUT2D eigenvalue weighted by molar-refractivity contribution is -0.153. The topological polar surface area (TPSA) is 46.5 Å². The van der Waals surface area contributed by atoms with Crippen LogP contribution in [0.1, 0.15) is 24.2 Å². The Kier molecular flexibility index (Phi) is 4.44. The molecule has 0 aliphatic rings. The first-order chi connectivity index (χ1) is 7.47. The second-order valence-electron chi connectivity index (χ2n) is 3.28. The van der Waals surface area contributed by atoms with Gasteiger partial charge < -0.3 is 9.84 Å². The highest BCUT2D eigenvalue weighted by atomic mass is 79.9. The summed E-state index contributed by atoms with van der Waals surface area (Å²) in [6.45, 7) is 3.46. The van der Waals surface area contributed by atoms with Crippen molar-refractivity contribution in [3.05, 3.63) is 33.5 Å². The lowest BCUT2D eigenvalue weighted by Crippen LogP contribution is -2.16. The molecule has 1 N–H and O–H groups in total. The largest absolute Gasteiger partial charge is 0.464 e. The van der Waals surface area contributed by atoms with Crippen LogP contribution >= 0.6 is 15.9 Å². The number of aliphatic hydroxyl groups is 1. The third kappa shape index (κ3) is 2.80. The zero-order chi connectivity index (χ0) is 12.3. The van der Waals surface area contributed by atoms with Crippen LogP contribution in [0.15, 0.2) is 16.6 Å². The van der Waals surface area contributed by atoms with Crippen molar-refractivity contribution in [1.29, 1.82) is 0 Å². The first-order valence-corrected chi connectivity index (χ1v) is 5.57. The van der Waals surface area contributed by atoms with E-state index in [1.54, 1.807) is 13.8 Å². The zero-order valence-electron chi connectivity index (χ0n) is 8.96. The number of benzene rings is 1. The quantitative estimate of drug-likeness (QED) is 0.870. The highest BCUT2D eigenvalue weighted by molar-refractivity contribution is 9.10. The summed E-state index contributed by atoms with van der Waals surface area (Å²) < 4.78 is 18.0. The van der Waals surface area contributed by atoms with Crippen molar-refractivity contribution in [2.45, 2.75) is 20.0 Å². The predicted octanol–water partition coefficient (Wildman–Crippen LogP) is 2.49. The van der Waals surface area contributed by atoms with Crippen molar-refractivity contribution in [3.63, 3.8) is 0 Å². The predicted molar refractivity (Wildman–Crippen MR) is 60.4 cm³/mol. The molecule has 3 nitrogen and oxygen atoms in total. The van der Waals surface area contributed by atoms with Crippen molar-refractivity contribution >= 4 is 21.9 Å². The molecular formula is C11H12BrFO3. The maximum Gasteiger partial charge on any atom is 0.339 e. The van der Waals surface area contributed by atoms with Crippen LogP contribution in [0.4, 0.5) is 4.39 Å². The zero-order valence-corrected chi connectivity index (χ0v) is 10.5. The Hall–Kier alpha value is -0.940. The van der Waals surface area contributed by atoms with Gasteiger partial charge in [-0.25, -0.2) is 9.18 Å². The van der Waals surface area contributed by atoms with Crippen molar-refractivity contribution in [2.24, 2.45) is 0 Å². The van der Waals surface area contributed by atoms with Crippen LogP contribution in [0.5, 0.6) is 0 Å². The molecule has 1 atom stereocenters. The molecule has 0 bridgehead atoms. The van der Waals surface area contributed by atoms with Crippen LogP contribution in [0, 0.1) is 12.7 Å². The Morgan fingerprint density at radius 1 is 1.62 bits per heavy atom. The summed E-state index contributed by atoms with van der Waals surface area (Å²) >= 11 is 3.00. The van der Waals surface area contributed by atoms with Crippen LogP contribution < -0.4 is 0 Å². The van der Waals surface area contributed by atoms with Gasteiger partial charge in [-0.05, 0) is 53.0 Å². The molecule has 0 amide bonds. The summed E-state index contributed by atoms with van der Waals surface area (Å²) in [7, 11) is 0. The van der Waals surface area contributed by atoms with E-state index in [9.17, 15) is 14.3 Å². The maximum absolute atomic E-state index is 13.1. The number of hydrogen-bond acceptors (Lipinski definition) is 3. The summed E-state index contributed by atoms with van der Waals surface area (Å²) in [6, 6.07) is 2.63. The standard InChI is InChI=1S/C11H12BrFO3/c1-3-16-11(15)10(14)7-5-8(12)9(13)4-6(7)2/h4-5,10,14H,3H2,1-2H3. The SMILES string of the molecule is CCOC(=O)C(O)c1cc(Br)c(F)cc1C. The number of aliphatic hydroxyl groups excluding tert-OH is 1. The highest BCUT2D eigenvalue weighted by Gasteiger charge is 2.21. The minimum Gasteiger partial charge on any atom is -0.464 e. The second-order valence-corrected chi connectivity index (χ2v) is 4.13. The number of ether oxygens (including phenoxy) is 1. The number of rotatable bonds is 3. The minimum atomic E-state index is -1.38. The van der Waals surface area contributed by atoms with Crippen LogP contribution in [0.2, 0.25) is 0 Å². The molecule has 1 aromatic rings. The number of aryl methyl sites for hydroxylation is 1. The van der Waals surface area contributed by atoms with Gasteiger partial charge in [0.05, 0.1) is 11.1 Å². The lowest BCUT2D eigenvalue weighted by Gasteiger charge is -2.13. The molecule has 0 saturated heterocycles. The Morgan fingerprint density at radius 3 is 2.81 bits per heavy atom. The smallest absolute Gasteiger partial charge is 0.339 e. The molecule has 0 saturated carbocycles. The van der Waals surface area contributed by atoms with Gasteiger partial charge in [0.15, 0.2) is 6.10 Å². The molecule has 16 heavy (non-hydrogen) atoms. The molecule has 0 heterocycles. The molecule has 88 valence electrons. The van der Waals surface area contributed by atoms with E-state index in [1.807, 2.05) is 0 Å². The van der Waals surface area contributed by atoms with Crippen molar-refractivity contribution in [1.82, 2.24) is 0 Å². The molecule has 1 rings (SSSR count). The summed E-state index contributed by atoms with van der Waals surface area (Å²) in [5, 5.41) is 9.70. The molecule has 1 unspecified atom stereocenters. The normalized spacial score (nSPS) is 12.3. The molecule has 0 fully saturated rings. The van der Waals surface area contributed by atoms with E-state index in [-0.39, 0.29) is 11.1 Å². The van der Waals surface area contributed by atoms with Gasteiger partial charge in [0, 0.05) is 0 Å². The van der Waals surface area contributed by atoms with E-state index in [2.05, 4.69) is 20.7 Å². The van der Waals surface area contributed by atoms with E-state index in [0.717, 1.165) is 0 Å². The monoisotopic (exact) mass is 290 g/mol. The molecule has 5 heteroatoms. The van der Waals surface area contributed by atoms with E-state index in [4.69, 9.17) is 0 Å². The molecular weight excluding hydrogens is 279 g/mol. The Labute approximate surface area is 101 Å². The fraction of sp³-hybridized carbons (Fsp3) is 0.364. The highest BCUT2D eigenvalue weighted by Crippen LogP contribution is 2.25. The number of carbonyl (C=O) groups excluding carboxylic acids is 1. The van der Waals surface area contributed by atoms with E-state index >= 15 is 0 Å². The van der Waals surface area contributed by atoms with Gasteiger partial charge in [0.1, 0.15) is 5.82 Å². The summed E-state index contributed by atoms with van der Waals surface area (Å²) in [5.41, 5.74) is 0.841. The molecule has 0 spiro atoms. The molecule has 0 radical (unpaired) electrons. The lowest BCUT2D eigenvalue weighted by atomic mass is 10.0. The Bertz CT molecular complexity index is 406. The van der Waals surface area contributed by atoms with Gasteiger partial charge in [-0.1, -0.05) is 0 Å². The summed E-state index contributed by atoms with van der Waals surface area (Å²) in [5.74, 6) is -1.17. The fourth-order valence-electron chi connectivity index (χ4n) is 1.30. The van der Waals surface area contributed by atoms with Gasteiger partial charge in [-0.15, -0.1) is 0 Å². The third-order valence-corrected chi connectivity index (χ3v) is 2.72. The third-order valence-electron chi connectivity index (χ3n) is 2.11. The number of carbonyl (C=O) groups is 1. The first-order valence-electron chi connectivity index (χ1n) is 4.77. The van der Waals surface area contributed by atoms with Gasteiger partial charge in [-0.2, -0.15) is 0 Å². The number of hydrogen-bond donors (Lipinski definition) is 1. The summed E-state index contributed by atoms with van der Waals surface area (Å²) in [6.07, 6.45) is -1.38. The van der Waals surface area contributed by atoms with Crippen LogP contribution in [-0.2, 0) is 9.53 Å². The molecule has 0 aliphatic carbocycles. The van der Waals surface area contributed by atoms with Gasteiger partial charge in [0.2, 0.25) is 0 Å². The number of esters is 1. The van der Waals surface area contributed by atoms with Crippen molar-refractivity contribution in [3.8, 4) is 0 Å². The molecule has 0 aromatic heterocycles. The average Bonchev–Trinajstić information content (AvgIpc) is 2.23. The van der Waals surface area contributed by atoms with E-state index < -0.39 is 17.9 Å².